The number of hydrogen-bond donors (Lipinski definition) is 2. The van der Waals surface area contributed by atoms with Crippen molar-refractivity contribution in [1.29, 1.82) is 0 Å². The predicted octanol–water partition coefficient (Wildman–Crippen LogP) is 1.23. The quantitative estimate of drug-likeness (QED) is 0.502. The highest BCUT2D eigenvalue weighted by atomic mass is 16.2. The van der Waals surface area contributed by atoms with Gasteiger partial charge in [0, 0.05) is 12.1 Å². The molecule has 1 heterocycles. The highest BCUT2D eigenvalue weighted by Crippen LogP contribution is 2.17. The highest BCUT2D eigenvalue weighted by molar-refractivity contribution is 5.94. The van der Waals surface area contributed by atoms with Gasteiger partial charge in [-0.2, -0.15) is 5.10 Å². The van der Waals surface area contributed by atoms with Gasteiger partial charge in [-0.05, 0) is 19.4 Å². The Hall–Kier alpha value is -2.47. The molecule has 0 fully saturated rings. The lowest BCUT2D eigenvalue weighted by atomic mass is 10.1. The van der Waals surface area contributed by atoms with Crippen LogP contribution in [-0.4, -0.2) is 15.7 Å². The van der Waals surface area contributed by atoms with Crippen molar-refractivity contribution in [3.8, 4) is 11.3 Å². The van der Waals surface area contributed by atoms with E-state index in [4.69, 9.17) is 5.84 Å². The van der Waals surface area contributed by atoms with E-state index in [0.29, 0.717) is 12.2 Å². The Morgan fingerprint density at radius 2 is 2.00 bits per heavy atom. The van der Waals surface area contributed by atoms with Crippen LogP contribution in [0.2, 0.25) is 0 Å². The SMILES string of the molecule is CCCn1nc(-c2ccc(C)cc2)cc(C(=O)NN)c1=O. The summed E-state index contributed by atoms with van der Waals surface area (Å²) in [5, 5.41) is 4.32. The van der Waals surface area contributed by atoms with E-state index in [-0.39, 0.29) is 5.56 Å². The molecule has 2 rings (SSSR count). The molecule has 21 heavy (non-hydrogen) atoms. The van der Waals surface area contributed by atoms with Gasteiger partial charge in [-0.25, -0.2) is 10.5 Å². The van der Waals surface area contributed by atoms with E-state index in [1.807, 2.05) is 43.5 Å². The van der Waals surface area contributed by atoms with E-state index < -0.39 is 11.5 Å². The van der Waals surface area contributed by atoms with Crippen LogP contribution >= 0.6 is 0 Å². The monoisotopic (exact) mass is 286 g/mol. The summed E-state index contributed by atoms with van der Waals surface area (Å²) >= 11 is 0. The molecule has 1 aromatic carbocycles. The van der Waals surface area contributed by atoms with Gasteiger partial charge in [0.1, 0.15) is 5.56 Å². The van der Waals surface area contributed by atoms with Crippen molar-refractivity contribution in [2.75, 3.05) is 0 Å². The normalized spacial score (nSPS) is 10.4. The van der Waals surface area contributed by atoms with Crippen molar-refractivity contribution >= 4 is 5.91 Å². The second-order valence-corrected chi connectivity index (χ2v) is 4.81. The Morgan fingerprint density at radius 3 is 2.57 bits per heavy atom. The largest absolute Gasteiger partial charge is 0.290 e. The molecule has 1 amide bonds. The topological polar surface area (TPSA) is 90.0 Å². The van der Waals surface area contributed by atoms with Gasteiger partial charge in [0.05, 0.1) is 5.69 Å². The van der Waals surface area contributed by atoms with Gasteiger partial charge < -0.3 is 0 Å². The molecule has 0 aliphatic rings. The minimum Gasteiger partial charge on any atom is -0.290 e. The van der Waals surface area contributed by atoms with Gasteiger partial charge >= 0.3 is 0 Å². The third-order valence-corrected chi connectivity index (χ3v) is 3.13. The first-order chi connectivity index (χ1) is 10.1. The van der Waals surface area contributed by atoms with Crippen LogP contribution < -0.4 is 16.8 Å². The van der Waals surface area contributed by atoms with Crippen molar-refractivity contribution in [3.63, 3.8) is 0 Å². The molecule has 0 unspecified atom stereocenters. The van der Waals surface area contributed by atoms with Gasteiger partial charge in [0.25, 0.3) is 11.5 Å². The fraction of sp³-hybridized carbons (Fsp3) is 0.267. The number of carbonyl (C=O) groups is 1. The zero-order valence-electron chi connectivity index (χ0n) is 12.1. The zero-order valence-corrected chi connectivity index (χ0v) is 12.1. The van der Waals surface area contributed by atoms with Gasteiger partial charge in [0.15, 0.2) is 0 Å². The molecule has 2 aromatic rings. The van der Waals surface area contributed by atoms with Gasteiger partial charge in [0.2, 0.25) is 0 Å². The molecule has 0 saturated carbocycles. The summed E-state index contributed by atoms with van der Waals surface area (Å²) < 4.78 is 1.31. The van der Waals surface area contributed by atoms with Crippen LogP contribution in [-0.2, 0) is 6.54 Å². The Kier molecular flexibility index (Phi) is 4.49. The molecule has 0 atom stereocenters. The third kappa shape index (κ3) is 3.17. The number of aromatic nitrogens is 2. The second kappa shape index (κ2) is 6.32. The smallest absolute Gasteiger partial charge is 0.279 e. The molecule has 0 aliphatic heterocycles. The Bertz CT molecular complexity index is 705. The van der Waals surface area contributed by atoms with Crippen molar-refractivity contribution < 1.29 is 4.79 Å². The molecule has 110 valence electrons. The molecular weight excluding hydrogens is 268 g/mol. The Balaban J connectivity index is 2.61. The fourth-order valence-corrected chi connectivity index (χ4v) is 2.01. The van der Waals surface area contributed by atoms with E-state index in [1.165, 1.54) is 10.7 Å². The number of nitrogen functional groups attached to an aromatic ring is 1. The summed E-state index contributed by atoms with van der Waals surface area (Å²) in [5.41, 5.74) is 4.10. The lowest BCUT2D eigenvalue weighted by molar-refractivity contribution is 0.0951. The van der Waals surface area contributed by atoms with Crippen LogP contribution in [0.25, 0.3) is 11.3 Å². The van der Waals surface area contributed by atoms with Crippen LogP contribution in [0.4, 0.5) is 0 Å². The maximum absolute atomic E-state index is 12.2. The molecule has 6 nitrogen and oxygen atoms in total. The van der Waals surface area contributed by atoms with Crippen LogP contribution in [0.15, 0.2) is 35.1 Å². The van der Waals surface area contributed by atoms with Crippen molar-refractivity contribution in [2.45, 2.75) is 26.8 Å². The molecule has 0 radical (unpaired) electrons. The second-order valence-electron chi connectivity index (χ2n) is 4.81. The molecule has 0 aliphatic carbocycles. The van der Waals surface area contributed by atoms with Crippen molar-refractivity contribution in [1.82, 2.24) is 15.2 Å². The van der Waals surface area contributed by atoms with Gasteiger partial charge in [-0.3, -0.25) is 15.0 Å². The number of rotatable bonds is 4. The maximum atomic E-state index is 12.2. The Labute approximate surface area is 122 Å². The van der Waals surface area contributed by atoms with Crippen LogP contribution in [0, 0.1) is 6.92 Å². The van der Waals surface area contributed by atoms with E-state index >= 15 is 0 Å². The zero-order chi connectivity index (χ0) is 15.4. The summed E-state index contributed by atoms with van der Waals surface area (Å²) in [6.07, 6.45) is 0.744. The van der Waals surface area contributed by atoms with Crippen molar-refractivity contribution in [3.05, 3.63) is 51.8 Å². The molecular formula is C15H18N4O2. The molecule has 0 spiro atoms. The Morgan fingerprint density at radius 1 is 1.33 bits per heavy atom. The minimum absolute atomic E-state index is 0.00322. The van der Waals surface area contributed by atoms with Gasteiger partial charge in [-0.1, -0.05) is 36.8 Å². The number of benzene rings is 1. The van der Waals surface area contributed by atoms with E-state index in [2.05, 4.69) is 5.10 Å². The number of carbonyl (C=O) groups excluding carboxylic acids is 1. The molecule has 1 aromatic heterocycles. The lowest BCUT2D eigenvalue weighted by Crippen LogP contribution is -2.37. The number of aryl methyl sites for hydroxylation is 2. The standard InChI is InChI=1S/C15H18N4O2/c1-3-8-19-15(21)12(14(20)17-16)9-13(18-19)11-6-4-10(2)5-7-11/h4-7,9H,3,8,16H2,1-2H3,(H,17,20). The first kappa shape index (κ1) is 14.9. The van der Waals surface area contributed by atoms with Gasteiger partial charge in [-0.15, -0.1) is 0 Å². The summed E-state index contributed by atoms with van der Waals surface area (Å²) in [5.74, 6) is 4.53. The van der Waals surface area contributed by atoms with E-state index in [0.717, 1.165) is 17.5 Å². The van der Waals surface area contributed by atoms with E-state index in [1.54, 1.807) is 0 Å². The summed E-state index contributed by atoms with van der Waals surface area (Å²) in [4.78, 5) is 23.9. The number of amides is 1. The number of nitrogens with zero attached hydrogens (tertiary/aromatic N) is 2. The predicted molar refractivity (Wildman–Crippen MR) is 80.6 cm³/mol. The highest BCUT2D eigenvalue weighted by Gasteiger charge is 2.15. The molecule has 0 bridgehead atoms. The van der Waals surface area contributed by atoms with Crippen LogP contribution in [0.1, 0.15) is 29.3 Å². The first-order valence-electron chi connectivity index (χ1n) is 6.77. The summed E-state index contributed by atoms with van der Waals surface area (Å²) in [6.45, 7) is 4.38. The van der Waals surface area contributed by atoms with Crippen LogP contribution in [0.3, 0.4) is 0 Å². The number of nitrogens with two attached hydrogens (primary N) is 1. The third-order valence-electron chi connectivity index (χ3n) is 3.13. The van der Waals surface area contributed by atoms with Crippen molar-refractivity contribution in [2.24, 2.45) is 5.84 Å². The minimum atomic E-state index is -0.611. The molecule has 0 saturated heterocycles. The molecule has 3 N–H and O–H groups in total. The summed E-state index contributed by atoms with van der Waals surface area (Å²) in [6, 6.07) is 9.19. The first-order valence-corrected chi connectivity index (χ1v) is 6.77. The maximum Gasteiger partial charge on any atom is 0.279 e. The fourth-order valence-electron chi connectivity index (χ4n) is 2.01. The average molecular weight is 286 g/mol. The summed E-state index contributed by atoms with van der Waals surface area (Å²) in [7, 11) is 0. The van der Waals surface area contributed by atoms with E-state index in [9.17, 15) is 9.59 Å². The number of nitrogens with one attached hydrogen (secondary N) is 1. The number of hydrogen-bond acceptors (Lipinski definition) is 4. The van der Waals surface area contributed by atoms with Crippen LogP contribution in [0.5, 0.6) is 0 Å². The molecule has 6 heteroatoms. The average Bonchev–Trinajstić information content (AvgIpc) is 2.49. The number of hydrazine groups is 1. The lowest BCUT2D eigenvalue weighted by Gasteiger charge is -2.09.